The number of aryl methyl sites for hydroxylation is 1. The average Bonchev–Trinajstić information content (AvgIpc) is 3.49. The van der Waals surface area contributed by atoms with Gasteiger partial charge in [0.1, 0.15) is 24.1 Å². The fraction of sp³-hybridized carbons (Fsp3) is 0.353. The van der Waals surface area contributed by atoms with E-state index in [2.05, 4.69) is 30.9 Å². The largest absolute Gasteiger partial charge is 0.478 e. The van der Waals surface area contributed by atoms with Crippen molar-refractivity contribution in [1.82, 2.24) is 34.0 Å². The molecule has 0 bridgehead atoms. The van der Waals surface area contributed by atoms with Crippen molar-refractivity contribution in [2.75, 3.05) is 13.1 Å². The molecule has 7 rings (SSSR count). The van der Waals surface area contributed by atoms with Gasteiger partial charge in [0.2, 0.25) is 5.88 Å². The molecule has 2 atom stereocenters. The number of benzene rings is 2. The summed E-state index contributed by atoms with van der Waals surface area (Å²) >= 11 is 0. The first kappa shape index (κ1) is 29.6. The van der Waals surface area contributed by atoms with Crippen LogP contribution >= 0.6 is 0 Å². The molecule has 4 heterocycles. The van der Waals surface area contributed by atoms with E-state index >= 15 is 0 Å². The predicted molar refractivity (Wildman–Crippen MR) is 165 cm³/mol. The van der Waals surface area contributed by atoms with Gasteiger partial charge < -0.3 is 19.0 Å². The Labute approximate surface area is 264 Å². The maximum atomic E-state index is 14.4. The average molecular weight is 621 g/mol. The Bertz CT molecular complexity index is 1980. The van der Waals surface area contributed by atoms with Crippen molar-refractivity contribution in [3.63, 3.8) is 0 Å². The molecular weight excluding hydrogens is 587 g/mol. The number of hydrogen-bond acceptors (Lipinski definition) is 8. The first-order valence-corrected chi connectivity index (χ1v) is 15.5. The summed E-state index contributed by atoms with van der Waals surface area (Å²) in [5.74, 6) is 1.05. The van der Waals surface area contributed by atoms with Crippen LogP contribution in [0, 0.1) is 23.1 Å². The van der Waals surface area contributed by atoms with E-state index in [9.17, 15) is 14.3 Å². The Morgan fingerprint density at radius 1 is 1.17 bits per heavy atom. The second-order valence-electron chi connectivity index (χ2n) is 12.1. The van der Waals surface area contributed by atoms with Crippen LogP contribution in [0.5, 0.6) is 5.88 Å². The fourth-order valence-electron chi connectivity index (χ4n) is 6.69. The van der Waals surface area contributed by atoms with Gasteiger partial charge in [-0.05, 0) is 75.5 Å². The van der Waals surface area contributed by atoms with Crippen LogP contribution in [-0.2, 0) is 31.7 Å². The summed E-state index contributed by atoms with van der Waals surface area (Å²) in [6.45, 7) is 5.76. The van der Waals surface area contributed by atoms with Gasteiger partial charge in [-0.25, -0.2) is 24.1 Å². The number of fused-ring (bicyclic) bond motifs is 2. The highest BCUT2D eigenvalue weighted by molar-refractivity contribution is 5.92. The number of nitrogens with zero attached hydrogens (tertiary/aromatic N) is 8. The molecule has 12 heteroatoms. The Morgan fingerprint density at radius 2 is 2.07 bits per heavy atom. The number of carboxylic acids is 1. The van der Waals surface area contributed by atoms with Crippen LogP contribution in [0.2, 0.25) is 0 Å². The van der Waals surface area contributed by atoms with Crippen LogP contribution < -0.4 is 4.74 Å². The Kier molecular flexibility index (Phi) is 7.70. The minimum atomic E-state index is -0.968. The predicted octanol–water partition coefficient (Wildman–Crippen LogP) is 4.93. The summed E-state index contributed by atoms with van der Waals surface area (Å²) in [7, 11) is 0. The molecule has 234 valence electrons. The zero-order valence-corrected chi connectivity index (χ0v) is 25.4. The van der Waals surface area contributed by atoms with Gasteiger partial charge in [0.25, 0.3) is 0 Å². The summed E-state index contributed by atoms with van der Waals surface area (Å²) in [6.07, 6.45) is 8.27. The van der Waals surface area contributed by atoms with Crippen LogP contribution in [0.3, 0.4) is 0 Å². The monoisotopic (exact) mass is 620 g/mol. The number of halogens is 1. The number of likely N-dealkylation sites (tertiary alicyclic amines) is 1. The molecule has 0 amide bonds. The quantitative estimate of drug-likeness (QED) is 0.231. The number of aromatic carboxylic acids is 1. The number of rotatable bonds is 10. The number of ether oxygens (including phenoxy) is 1. The second-order valence-corrected chi connectivity index (χ2v) is 12.1. The van der Waals surface area contributed by atoms with E-state index in [1.54, 1.807) is 42.6 Å². The Morgan fingerprint density at radius 3 is 2.87 bits per heavy atom. The topological polar surface area (TPSA) is 135 Å². The first-order valence-electron chi connectivity index (χ1n) is 15.5. The fourth-order valence-corrected chi connectivity index (χ4v) is 6.69. The van der Waals surface area contributed by atoms with Gasteiger partial charge in [-0.2, -0.15) is 10.2 Å². The van der Waals surface area contributed by atoms with Gasteiger partial charge in [-0.3, -0.25) is 4.90 Å². The Hall–Kier alpha value is -5.15. The highest BCUT2D eigenvalue weighted by Crippen LogP contribution is 2.58. The third-order valence-electron chi connectivity index (χ3n) is 9.43. The van der Waals surface area contributed by atoms with Gasteiger partial charge in [0.05, 0.1) is 53.3 Å². The normalized spacial score (nSPS) is 19.4. The van der Waals surface area contributed by atoms with Crippen molar-refractivity contribution in [1.29, 1.82) is 5.26 Å². The molecule has 2 aliphatic rings. The zero-order chi connectivity index (χ0) is 31.8. The molecule has 5 aromatic rings. The number of carboxylic acid groups (broad SMARTS) is 1. The minimum Gasteiger partial charge on any atom is -0.478 e. The molecule has 1 unspecified atom stereocenters. The number of carbonyl (C=O) groups is 1. The van der Waals surface area contributed by atoms with Gasteiger partial charge in [-0.1, -0.05) is 6.07 Å². The van der Waals surface area contributed by atoms with Crippen molar-refractivity contribution >= 4 is 17.0 Å². The van der Waals surface area contributed by atoms with Crippen LogP contribution in [0.25, 0.3) is 11.0 Å². The van der Waals surface area contributed by atoms with Crippen molar-refractivity contribution in [3.05, 3.63) is 101 Å². The van der Waals surface area contributed by atoms with E-state index in [4.69, 9.17) is 20.0 Å². The summed E-state index contributed by atoms with van der Waals surface area (Å²) in [4.78, 5) is 32.9. The van der Waals surface area contributed by atoms with Crippen molar-refractivity contribution < 1.29 is 19.0 Å². The molecule has 1 aliphatic heterocycles. The molecule has 2 fully saturated rings. The third-order valence-corrected chi connectivity index (χ3v) is 9.43. The molecule has 1 saturated carbocycles. The van der Waals surface area contributed by atoms with Crippen LogP contribution in [0.4, 0.5) is 4.39 Å². The molecular formula is C34H33FN8O3. The zero-order valence-electron chi connectivity index (χ0n) is 25.4. The molecule has 1 saturated heterocycles. The SMILES string of the molecule is CCn1cncc1Cn1c(CN2CCC3C[C@]3(c3nccc(OCc4ccc(C#N)cc4F)n3)CC2)nc2ccc(C(=O)O)cc21. The highest BCUT2D eigenvalue weighted by Gasteiger charge is 2.57. The Balaban J connectivity index is 1.08. The van der Waals surface area contributed by atoms with E-state index in [1.165, 1.54) is 6.07 Å². The van der Waals surface area contributed by atoms with E-state index in [0.717, 1.165) is 67.3 Å². The molecule has 1 N–H and O–H groups in total. The van der Waals surface area contributed by atoms with E-state index in [0.29, 0.717) is 30.5 Å². The molecule has 3 aromatic heterocycles. The van der Waals surface area contributed by atoms with Crippen molar-refractivity contribution in [2.45, 2.75) is 57.8 Å². The van der Waals surface area contributed by atoms with Gasteiger partial charge in [0, 0.05) is 36.0 Å². The molecule has 46 heavy (non-hydrogen) atoms. The summed E-state index contributed by atoms with van der Waals surface area (Å²) < 4.78 is 24.4. The van der Waals surface area contributed by atoms with E-state index in [1.807, 2.05) is 18.6 Å². The summed E-state index contributed by atoms with van der Waals surface area (Å²) in [5.41, 5.74) is 3.31. The van der Waals surface area contributed by atoms with Gasteiger partial charge in [-0.15, -0.1) is 0 Å². The van der Waals surface area contributed by atoms with Gasteiger partial charge >= 0.3 is 5.97 Å². The maximum absolute atomic E-state index is 14.4. The molecule has 11 nitrogen and oxygen atoms in total. The number of hydrogen-bond donors (Lipinski definition) is 1. The van der Waals surface area contributed by atoms with E-state index < -0.39 is 11.8 Å². The van der Waals surface area contributed by atoms with E-state index in [-0.39, 0.29) is 23.1 Å². The minimum absolute atomic E-state index is 0.00615. The highest BCUT2D eigenvalue weighted by atomic mass is 19.1. The van der Waals surface area contributed by atoms with Crippen LogP contribution in [-0.4, -0.2) is 58.1 Å². The van der Waals surface area contributed by atoms with Gasteiger partial charge in [0.15, 0.2) is 0 Å². The van der Waals surface area contributed by atoms with Crippen LogP contribution in [0.15, 0.2) is 61.2 Å². The van der Waals surface area contributed by atoms with Crippen molar-refractivity contribution in [2.24, 2.45) is 5.92 Å². The maximum Gasteiger partial charge on any atom is 0.335 e. The second kappa shape index (κ2) is 12.0. The smallest absolute Gasteiger partial charge is 0.335 e. The molecule has 2 aromatic carbocycles. The lowest BCUT2D eigenvalue weighted by atomic mass is 9.97. The third kappa shape index (κ3) is 5.58. The lowest BCUT2D eigenvalue weighted by Gasteiger charge is -2.22. The van der Waals surface area contributed by atoms with Crippen molar-refractivity contribution in [3.8, 4) is 11.9 Å². The molecule has 0 spiro atoms. The van der Waals surface area contributed by atoms with Crippen LogP contribution in [0.1, 0.15) is 65.0 Å². The lowest BCUT2D eigenvalue weighted by molar-refractivity contribution is 0.0697. The summed E-state index contributed by atoms with van der Waals surface area (Å²) in [5, 5.41) is 18.6. The standard InChI is InChI=1S/C34H33FN8O3/c1-2-42-21-37-17-26(42)18-43-29-14-23(32(44)45)5-6-28(29)39-30(43)19-41-11-8-25-15-34(25,9-12-41)33-38-10-7-31(40-33)46-20-24-4-3-22(16-36)13-27(24)35/h3-7,10,13-14,17,21,25H,2,8-9,11-12,15,18-20H2,1H3,(H,44,45)/t25?,34-/m1/s1. The lowest BCUT2D eigenvalue weighted by Crippen LogP contribution is -2.28. The number of aromatic nitrogens is 6. The number of imidazole rings is 2. The number of nitriles is 1. The summed E-state index contributed by atoms with van der Waals surface area (Å²) in [6, 6.07) is 13.0. The molecule has 1 aliphatic carbocycles. The first-order chi connectivity index (χ1) is 22.4. The molecule has 0 radical (unpaired) electrons.